The van der Waals surface area contributed by atoms with Crippen molar-refractivity contribution in [3.8, 4) is 5.75 Å². The van der Waals surface area contributed by atoms with Crippen LogP contribution in [0.15, 0.2) is 24.3 Å². The Bertz CT molecular complexity index is 499. The lowest BCUT2D eigenvalue weighted by atomic mass is 10.00. The van der Waals surface area contributed by atoms with Gasteiger partial charge in [0.05, 0.1) is 12.5 Å². The number of carbonyl (C=O) groups is 1. The average Bonchev–Trinajstić information content (AvgIpc) is 2.99. The highest BCUT2D eigenvalue weighted by molar-refractivity contribution is 5.70. The predicted molar refractivity (Wildman–Crippen MR) is 77.4 cm³/mol. The van der Waals surface area contributed by atoms with Crippen molar-refractivity contribution >= 4 is 5.97 Å². The molecule has 3 atom stereocenters. The van der Waals surface area contributed by atoms with Crippen LogP contribution in [0, 0.1) is 5.92 Å². The Morgan fingerprint density at radius 2 is 2.33 bits per heavy atom. The van der Waals surface area contributed by atoms with E-state index in [0.29, 0.717) is 19.6 Å². The molecule has 0 aliphatic carbocycles. The Labute approximate surface area is 124 Å². The molecular weight excluding hydrogens is 270 g/mol. The molecule has 0 aromatic heterocycles. The van der Waals surface area contributed by atoms with Crippen LogP contribution in [0.25, 0.3) is 0 Å². The summed E-state index contributed by atoms with van der Waals surface area (Å²) >= 11 is 0. The summed E-state index contributed by atoms with van der Waals surface area (Å²) in [4.78, 5) is 11.0. The van der Waals surface area contributed by atoms with Gasteiger partial charge in [-0.3, -0.25) is 4.79 Å². The van der Waals surface area contributed by atoms with Gasteiger partial charge in [0, 0.05) is 19.2 Å². The maximum atomic E-state index is 11.0. The SMILES string of the molecule is O=C(O)C1CNC(c2cccc(OC3CCCOC3)c2)C1. The third-order valence-corrected chi connectivity index (χ3v) is 4.16. The second-order valence-corrected chi connectivity index (χ2v) is 5.76. The van der Waals surface area contributed by atoms with Gasteiger partial charge in [-0.15, -0.1) is 0 Å². The summed E-state index contributed by atoms with van der Waals surface area (Å²) in [6.45, 7) is 2.00. The molecule has 2 fully saturated rings. The zero-order chi connectivity index (χ0) is 14.7. The third kappa shape index (κ3) is 3.54. The van der Waals surface area contributed by atoms with Crippen LogP contribution in [0.5, 0.6) is 5.75 Å². The highest BCUT2D eigenvalue weighted by Gasteiger charge is 2.30. The molecule has 2 N–H and O–H groups in total. The molecule has 5 heteroatoms. The lowest BCUT2D eigenvalue weighted by Crippen LogP contribution is -2.28. The maximum absolute atomic E-state index is 11.0. The van der Waals surface area contributed by atoms with Crippen molar-refractivity contribution in [2.45, 2.75) is 31.4 Å². The second-order valence-electron chi connectivity index (χ2n) is 5.76. The number of nitrogens with one attached hydrogen (secondary N) is 1. The Balaban J connectivity index is 1.64. The molecule has 2 aliphatic rings. The number of carboxylic acids is 1. The molecule has 5 nitrogen and oxygen atoms in total. The molecule has 3 unspecified atom stereocenters. The Hall–Kier alpha value is -1.59. The zero-order valence-corrected chi connectivity index (χ0v) is 12.0. The van der Waals surface area contributed by atoms with Gasteiger partial charge >= 0.3 is 5.97 Å². The smallest absolute Gasteiger partial charge is 0.307 e. The van der Waals surface area contributed by atoms with E-state index in [9.17, 15) is 4.79 Å². The molecule has 2 saturated heterocycles. The molecule has 114 valence electrons. The minimum atomic E-state index is -0.725. The summed E-state index contributed by atoms with van der Waals surface area (Å²) in [6, 6.07) is 8.03. The van der Waals surface area contributed by atoms with Gasteiger partial charge in [0.2, 0.25) is 0 Å². The summed E-state index contributed by atoms with van der Waals surface area (Å²) in [5, 5.41) is 12.3. The van der Waals surface area contributed by atoms with Crippen molar-refractivity contribution in [3.63, 3.8) is 0 Å². The van der Waals surface area contributed by atoms with Gasteiger partial charge in [-0.25, -0.2) is 0 Å². The van der Waals surface area contributed by atoms with Crippen LogP contribution in [0.1, 0.15) is 30.9 Å². The normalized spacial score (nSPS) is 29.2. The number of aliphatic carboxylic acids is 1. The summed E-state index contributed by atoms with van der Waals surface area (Å²) in [5.74, 6) is -0.188. The van der Waals surface area contributed by atoms with E-state index in [1.165, 1.54) is 0 Å². The molecule has 0 saturated carbocycles. The van der Waals surface area contributed by atoms with E-state index >= 15 is 0 Å². The molecule has 21 heavy (non-hydrogen) atoms. The lowest BCUT2D eigenvalue weighted by molar-refractivity contribution is -0.141. The van der Waals surface area contributed by atoms with Crippen LogP contribution < -0.4 is 10.1 Å². The summed E-state index contributed by atoms with van der Waals surface area (Å²) in [7, 11) is 0. The first-order valence-corrected chi connectivity index (χ1v) is 7.53. The second kappa shape index (κ2) is 6.45. The summed E-state index contributed by atoms with van der Waals surface area (Å²) in [5.41, 5.74) is 1.09. The summed E-state index contributed by atoms with van der Waals surface area (Å²) in [6.07, 6.45) is 2.81. The first kappa shape index (κ1) is 14.4. The minimum absolute atomic E-state index is 0.0947. The number of hydrogen-bond donors (Lipinski definition) is 2. The molecule has 1 aromatic carbocycles. The van der Waals surface area contributed by atoms with Crippen LogP contribution in [0.4, 0.5) is 0 Å². The highest BCUT2D eigenvalue weighted by Crippen LogP contribution is 2.29. The van der Waals surface area contributed by atoms with E-state index < -0.39 is 5.97 Å². The van der Waals surface area contributed by atoms with Crippen molar-refractivity contribution in [2.75, 3.05) is 19.8 Å². The fourth-order valence-corrected chi connectivity index (χ4v) is 2.98. The van der Waals surface area contributed by atoms with E-state index in [-0.39, 0.29) is 18.1 Å². The van der Waals surface area contributed by atoms with Crippen molar-refractivity contribution < 1.29 is 19.4 Å². The molecule has 0 amide bonds. The first-order valence-electron chi connectivity index (χ1n) is 7.53. The molecule has 2 aliphatic heterocycles. The van der Waals surface area contributed by atoms with Crippen LogP contribution in [-0.4, -0.2) is 36.9 Å². The number of carboxylic acid groups (broad SMARTS) is 1. The zero-order valence-electron chi connectivity index (χ0n) is 12.0. The van der Waals surface area contributed by atoms with Gasteiger partial charge in [-0.1, -0.05) is 12.1 Å². The van der Waals surface area contributed by atoms with Crippen molar-refractivity contribution in [2.24, 2.45) is 5.92 Å². The van der Waals surface area contributed by atoms with Crippen LogP contribution in [-0.2, 0) is 9.53 Å². The van der Waals surface area contributed by atoms with Gasteiger partial charge in [0.1, 0.15) is 11.9 Å². The molecule has 3 rings (SSSR count). The standard InChI is InChI=1S/C16H21NO4/c18-16(19)12-8-15(17-9-12)11-3-1-4-13(7-11)21-14-5-2-6-20-10-14/h1,3-4,7,12,14-15,17H,2,5-6,8-10H2,(H,18,19). The summed E-state index contributed by atoms with van der Waals surface area (Å²) < 4.78 is 11.4. The Kier molecular flexibility index (Phi) is 4.41. The van der Waals surface area contributed by atoms with Crippen molar-refractivity contribution in [1.82, 2.24) is 5.32 Å². The molecule has 0 bridgehead atoms. The largest absolute Gasteiger partial charge is 0.488 e. The van der Waals surface area contributed by atoms with Gasteiger partial charge in [0.25, 0.3) is 0 Å². The van der Waals surface area contributed by atoms with E-state index in [1.807, 2.05) is 24.3 Å². The fraction of sp³-hybridized carbons (Fsp3) is 0.562. The lowest BCUT2D eigenvalue weighted by Gasteiger charge is -2.23. The number of ether oxygens (including phenoxy) is 2. The van der Waals surface area contributed by atoms with Crippen molar-refractivity contribution in [3.05, 3.63) is 29.8 Å². The number of hydrogen-bond acceptors (Lipinski definition) is 4. The Morgan fingerprint density at radius 1 is 1.43 bits per heavy atom. The van der Waals surface area contributed by atoms with E-state index in [2.05, 4.69) is 5.32 Å². The minimum Gasteiger partial charge on any atom is -0.488 e. The topological polar surface area (TPSA) is 67.8 Å². The van der Waals surface area contributed by atoms with Gasteiger partial charge in [-0.05, 0) is 37.0 Å². The number of rotatable bonds is 4. The average molecular weight is 291 g/mol. The highest BCUT2D eigenvalue weighted by atomic mass is 16.5. The van der Waals surface area contributed by atoms with Crippen LogP contribution in [0.2, 0.25) is 0 Å². The molecule has 0 radical (unpaired) electrons. The van der Waals surface area contributed by atoms with Gasteiger partial charge in [-0.2, -0.15) is 0 Å². The van der Waals surface area contributed by atoms with E-state index in [1.54, 1.807) is 0 Å². The Morgan fingerprint density at radius 3 is 3.05 bits per heavy atom. The van der Waals surface area contributed by atoms with Gasteiger partial charge < -0.3 is 19.9 Å². The van der Waals surface area contributed by atoms with E-state index in [0.717, 1.165) is 30.8 Å². The molecule has 1 aromatic rings. The third-order valence-electron chi connectivity index (χ3n) is 4.16. The quantitative estimate of drug-likeness (QED) is 0.888. The molecular formula is C16H21NO4. The first-order chi connectivity index (χ1) is 10.2. The maximum Gasteiger partial charge on any atom is 0.307 e. The monoisotopic (exact) mass is 291 g/mol. The fourth-order valence-electron chi connectivity index (χ4n) is 2.98. The van der Waals surface area contributed by atoms with Crippen molar-refractivity contribution in [1.29, 1.82) is 0 Å². The molecule has 2 heterocycles. The predicted octanol–water partition coefficient (Wildman–Crippen LogP) is 1.98. The van der Waals surface area contributed by atoms with E-state index in [4.69, 9.17) is 14.6 Å². The van der Waals surface area contributed by atoms with Crippen LogP contribution >= 0.6 is 0 Å². The van der Waals surface area contributed by atoms with Crippen LogP contribution in [0.3, 0.4) is 0 Å². The number of benzene rings is 1. The van der Waals surface area contributed by atoms with Gasteiger partial charge in [0.15, 0.2) is 0 Å². The molecule has 0 spiro atoms.